The molecule has 25 heavy (non-hydrogen) atoms. The molecule has 4 rings (SSSR count). The van der Waals surface area contributed by atoms with Crippen molar-refractivity contribution in [2.45, 2.75) is 13.5 Å². The van der Waals surface area contributed by atoms with E-state index in [0.717, 1.165) is 16.6 Å². The van der Waals surface area contributed by atoms with Crippen LogP contribution in [0.2, 0.25) is 0 Å². The number of imidazole rings is 1. The molecule has 2 heterocycles. The van der Waals surface area contributed by atoms with E-state index >= 15 is 0 Å². The molecule has 0 unspecified atom stereocenters. The molecule has 2 aromatic carbocycles. The molecule has 0 saturated heterocycles. The molecule has 7 nitrogen and oxygen atoms in total. The van der Waals surface area contributed by atoms with E-state index in [4.69, 9.17) is 0 Å². The number of aromatic amines is 2. The highest BCUT2D eigenvalue weighted by Crippen LogP contribution is 2.15. The lowest BCUT2D eigenvalue weighted by Crippen LogP contribution is -2.23. The molecule has 0 spiro atoms. The quantitative estimate of drug-likeness (QED) is 0.534. The van der Waals surface area contributed by atoms with Crippen LogP contribution in [-0.4, -0.2) is 26.1 Å². The standard InChI is InChI=1S/C18H15N5O2/c1-10-3-2-4-14-16(10)22-15(21-14)9-19-17(24)11-5-6-12-8-20-23-18(25)13(12)7-11/h2-8H,9H2,1H3,(H,19,24)(H,21,22)(H,23,25). The van der Waals surface area contributed by atoms with Crippen molar-refractivity contribution in [1.29, 1.82) is 0 Å². The van der Waals surface area contributed by atoms with Gasteiger partial charge in [0.25, 0.3) is 11.5 Å². The zero-order valence-corrected chi connectivity index (χ0v) is 13.5. The normalized spacial score (nSPS) is 11.1. The van der Waals surface area contributed by atoms with E-state index in [1.165, 1.54) is 0 Å². The Morgan fingerprint density at radius 2 is 2.12 bits per heavy atom. The Kier molecular flexibility index (Phi) is 3.53. The molecule has 0 aliphatic rings. The van der Waals surface area contributed by atoms with Crippen LogP contribution in [0.15, 0.2) is 47.4 Å². The topological polar surface area (TPSA) is 104 Å². The Balaban J connectivity index is 1.56. The van der Waals surface area contributed by atoms with Crippen LogP contribution in [0.25, 0.3) is 21.8 Å². The van der Waals surface area contributed by atoms with Crippen LogP contribution in [-0.2, 0) is 6.54 Å². The van der Waals surface area contributed by atoms with Gasteiger partial charge in [0.15, 0.2) is 0 Å². The van der Waals surface area contributed by atoms with Gasteiger partial charge in [-0.2, -0.15) is 5.10 Å². The molecule has 0 saturated carbocycles. The first-order valence-electron chi connectivity index (χ1n) is 7.82. The lowest BCUT2D eigenvalue weighted by atomic mass is 10.1. The van der Waals surface area contributed by atoms with Gasteiger partial charge in [0.2, 0.25) is 0 Å². The second-order valence-electron chi connectivity index (χ2n) is 5.84. The summed E-state index contributed by atoms with van der Waals surface area (Å²) in [6, 6.07) is 10.8. The van der Waals surface area contributed by atoms with Crippen LogP contribution in [0.4, 0.5) is 0 Å². The third-order valence-corrected chi connectivity index (χ3v) is 4.11. The van der Waals surface area contributed by atoms with Gasteiger partial charge >= 0.3 is 0 Å². The van der Waals surface area contributed by atoms with E-state index in [0.29, 0.717) is 22.2 Å². The Bertz CT molecular complexity index is 1160. The fourth-order valence-corrected chi connectivity index (χ4v) is 2.80. The van der Waals surface area contributed by atoms with Crippen LogP contribution in [0.3, 0.4) is 0 Å². The van der Waals surface area contributed by atoms with Gasteiger partial charge in [-0.3, -0.25) is 9.59 Å². The number of nitrogens with zero attached hydrogens (tertiary/aromatic N) is 2. The summed E-state index contributed by atoms with van der Waals surface area (Å²) in [4.78, 5) is 31.9. The van der Waals surface area contributed by atoms with Crippen molar-refractivity contribution in [2.24, 2.45) is 0 Å². The highest BCUT2D eigenvalue weighted by Gasteiger charge is 2.10. The number of para-hydroxylation sites is 1. The van der Waals surface area contributed by atoms with Crippen LogP contribution >= 0.6 is 0 Å². The fourth-order valence-electron chi connectivity index (χ4n) is 2.80. The molecule has 0 fully saturated rings. The van der Waals surface area contributed by atoms with Crippen LogP contribution in [0.5, 0.6) is 0 Å². The number of hydrogen-bond acceptors (Lipinski definition) is 4. The molecule has 7 heteroatoms. The average Bonchev–Trinajstić information content (AvgIpc) is 3.04. The number of hydrogen-bond donors (Lipinski definition) is 3. The largest absolute Gasteiger partial charge is 0.345 e. The zero-order valence-electron chi connectivity index (χ0n) is 13.5. The first-order chi connectivity index (χ1) is 12.1. The lowest BCUT2D eigenvalue weighted by Gasteiger charge is -2.04. The third kappa shape index (κ3) is 2.76. The Hall–Kier alpha value is -3.48. The molecule has 124 valence electrons. The smallest absolute Gasteiger partial charge is 0.272 e. The molecule has 0 radical (unpaired) electrons. The number of rotatable bonds is 3. The van der Waals surface area contributed by atoms with Crippen molar-refractivity contribution >= 4 is 27.7 Å². The van der Waals surface area contributed by atoms with E-state index in [1.807, 2.05) is 25.1 Å². The Morgan fingerprint density at radius 3 is 2.96 bits per heavy atom. The molecule has 0 bridgehead atoms. The molecular weight excluding hydrogens is 318 g/mol. The molecule has 0 aliphatic carbocycles. The van der Waals surface area contributed by atoms with Crippen molar-refractivity contribution < 1.29 is 4.79 Å². The first kappa shape index (κ1) is 15.1. The van der Waals surface area contributed by atoms with E-state index in [-0.39, 0.29) is 18.0 Å². The van der Waals surface area contributed by atoms with Crippen LogP contribution in [0, 0.1) is 6.92 Å². The fraction of sp³-hybridized carbons (Fsp3) is 0.111. The molecule has 2 aromatic heterocycles. The Labute approximate surface area is 142 Å². The van der Waals surface area contributed by atoms with E-state index in [1.54, 1.807) is 24.4 Å². The maximum Gasteiger partial charge on any atom is 0.272 e. The summed E-state index contributed by atoms with van der Waals surface area (Å²) in [5.41, 5.74) is 3.01. The number of benzene rings is 2. The number of aromatic nitrogens is 4. The summed E-state index contributed by atoms with van der Waals surface area (Å²) in [5, 5.41) is 10.0. The summed E-state index contributed by atoms with van der Waals surface area (Å²) < 4.78 is 0. The van der Waals surface area contributed by atoms with E-state index < -0.39 is 0 Å². The predicted molar refractivity (Wildman–Crippen MR) is 94.4 cm³/mol. The van der Waals surface area contributed by atoms with Crippen molar-refractivity contribution in [3.8, 4) is 0 Å². The summed E-state index contributed by atoms with van der Waals surface area (Å²) in [6.07, 6.45) is 1.55. The minimum atomic E-state index is -0.320. The maximum absolute atomic E-state index is 12.4. The second-order valence-corrected chi connectivity index (χ2v) is 5.84. The molecule has 0 aliphatic heterocycles. The summed E-state index contributed by atoms with van der Waals surface area (Å²) in [7, 11) is 0. The van der Waals surface area contributed by atoms with Gasteiger partial charge in [-0.05, 0) is 30.7 Å². The number of nitrogens with one attached hydrogen (secondary N) is 3. The van der Waals surface area contributed by atoms with Gasteiger partial charge in [-0.1, -0.05) is 18.2 Å². The highest BCUT2D eigenvalue weighted by molar-refractivity contribution is 5.98. The zero-order chi connectivity index (χ0) is 17.4. The van der Waals surface area contributed by atoms with Crippen molar-refractivity contribution in [3.05, 3.63) is 69.9 Å². The van der Waals surface area contributed by atoms with Gasteiger partial charge in [0, 0.05) is 10.9 Å². The monoisotopic (exact) mass is 333 g/mol. The SMILES string of the molecule is Cc1cccc2[nH]c(CNC(=O)c3ccc4cn[nH]c(=O)c4c3)nc12. The van der Waals surface area contributed by atoms with E-state index in [9.17, 15) is 9.59 Å². The van der Waals surface area contributed by atoms with Gasteiger partial charge < -0.3 is 10.3 Å². The Morgan fingerprint density at radius 1 is 1.24 bits per heavy atom. The number of carbonyl (C=O) groups is 1. The molecular formula is C18H15N5O2. The third-order valence-electron chi connectivity index (χ3n) is 4.11. The minimum absolute atomic E-state index is 0.268. The molecule has 0 atom stereocenters. The summed E-state index contributed by atoms with van der Waals surface area (Å²) in [6.45, 7) is 2.27. The van der Waals surface area contributed by atoms with Gasteiger partial charge in [0.1, 0.15) is 5.82 Å². The maximum atomic E-state index is 12.4. The summed E-state index contributed by atoms with van der Waals surface area (Å²) in [5.74, 6) is 0.413. The lowest BCUT2D eigenvalue weighted by molar-refractivity contribution is 0.0950. The first-order valence-corrected chi connectivity index (χ1v) is 7.82. The molecule has 4 aromatic rings. The van der Waals surface area contributed by atoms with Crippen LogP contribution < -0.4 is 10.9 Å². The average molecular weight is 333 g/mol. The predicted octanol–water partition coefficient (Wildman–Crippen LogP) is 2.04. The molecule has 3 N–H and O–H groups in total. The van der Waals surface area contributed by atoms with Gasteiger partial charge in [0.05, 0.1) is 29.2 Å². The van der Waals surface area contributed by atoms with Crippen molar-refractivity contribution in [1.82, 2.24) is 25.5 Å². The van der Waals surface area contributed by atoms with Crippen LogP contribution in [0.1, 0.15) is 21.7 Å². The van der Waals surface area contributed by atoms with E-state index in [2.05, 4.69) is 25.5 Å². The highest BCUT2D eigenvalue weighted by atomic mass is 16.1. The number of fused-ring (bicyclic) bond motifs is 2. The second kappa shape index (κ2) is 5.86. The number of carbonyl (C=O) groups excluding carboxylic acids is 1. The van der Waals surface area contributed by atoms with Gasteiger partial charge in [-0.15, -0.1) is 0 Å². The number of aryl methyl sites for hydroxylation is 1. The van der Waals surface area contributed by atoms with Gasteiger partial charge in [-0.25, -0.2) is 10.1 Å². The minimum Gasteiger partial charge on any atom is -0.345 e. The number of H-pyrrole nitrogens is 2. The number of amides is 1. The summed E-state index contributed by atoms with van der Waals surface area (Å²) >= 11 is 0. The van der Waals surface area contributed by atoms with Crippen molar-refractivity contribution in [2.75, 3.05) is 0 Å². The van der Waals surface area contributed by atoms with Crippen molar-refractivity contribution in [3.63, 3.8) is 0 Å². The molecule has 1 amide bonds.